The highest BCUT2D eigenvalue weighted by atomic mass is 79.9. The molecule has 0 atom stereocenters. The van der Waals surface area contributed by atoms with E-state index in [4.69, 9.17) is 16.3 Å². The molecule has 0 unspecified atom stereocenters. The normalized spacial score (nSPS) is 10.9. The molecule has 0 N–H and O–H groups in total. The molecule has 0 amide bonds. The first-order valence-electron chi connectivity index (χ1n) is 7.57. The Balaban J connectivity index is 2.14. The summed E-state index contributed by atoms with van der Waals surface area (Å²) in [5.74, 6) is -1.57. The topological polar surface area (TPSA) is 60.7 Å². The molecule has 0 saturated carbocycles. The second-order valence-corrected chi connectivity index (χ2v) is 6.65. The van der Waals surface area contributed by atoms with Gasteiger partial charge in [-0.15, -0.1) is 0 Å². The Labute approximate surface area is 157 Å². The van der Waals surface area contributed by atoms with E-state index >= 15 is 0 Å². The van der Waals surface area contributed by atoms with Gasteiger partial charge in [-0.2, -0.15) is 0 Å². The number of hydrogen-bond acceptors (Lipinski definition) is 4. The lowest BCUT2D eigenvalue weighted by Gasteiger charge is -2.08. The molecule has 0 spiro atoms. The molecule has 0 aliphatic heterocycles. The highest BCUT2D eigenvalue weighted by molar-refractivity contribution is 9.10. The van der Waals surface area contributed by atoms with Gasteiger partial charge >= 0.3 is 5.97 Å². The van der Waals surface area contributed by atoms with E-state index in [1.165, 1.54) is 0 Å². The van der Waals surface area contributed by atoms with E-state index in [0.29, 0.717) is 26.4 Å². The van der Waals surface area contributed by atoms with E-state index in [-0.39, 0.29) is 12.2 Å². The van der Waals surface area contributed by atoms with Crippen LogP contribution >= 0.6 is 27.5 Å². The summed E-state index contributed by atoms with van der Waals surface area (Å²) in [6.45, 7) is 3.56. The van der Waals surface area contributed by atoms with Gasteiger partial charge in [0.25, 0.3) is 5.78 Å². The van der Waals surface area contributed by atoms with Gasteiger partial charge in [0, 0.05) is 23.0 Å². The highest BCUT2D eigenvalue weighted by Crippen LogP contribution is 2.29. The Morgan fingerprint density at radius 3 is 2.76 bits per heavy atom. The molecule has 3 rings (SSSR count). The molecule has 2 heterocycles. The number of imidazole rings is 1. The molecule has 0 aliphatic carbocycles. The fraction of sp³-hybridized carbons (Fsp3) is 0.167. The smallest absolute Gasteiger partial charge is 0.379 e. The molecule has 7 heteroatoms. The maximum absolute atomic E-state index is 12.4. The predicted octanol–water partition coefficient (Wildman–Crippen LogP) is 4.47. The van der Waals surface area contributed by atoms with E-state index in [1.807, 2.05) is 24.4 Å². The van der Waals surface area contributed by atoms with Crippen LogP contribution < -0.4 is 0 Å². The second-order valence-electron chi connectivity index (χ2n) is 5.42. The summed E-state index contributed by atoms with van der Waals surface area (Å²) in [6, 6.07) is 7.35. The summed E-state index contributed by atoms with van der Waals surface area (Å²) in [6.07, 6.45) is 3.60. The average Bonchev–Trinajstić information content (AvgIpc) is 2.99. The fourth-order valence-corrected chi connectivity index (χ4v) is 3.55. The van der Waals surface area contributed by atoms with Crippen molar-refractivity contribution in [2.75, 3.05) is 6.61 Å². The van der Waals surface area contributed by atoms with E-state index < -0.39 is 11.8 Å². The van der Waals surface area contributed by atoms with Crippen molar-refractivity contribution in [2.24, 2.45) is 0 Å². The van der Waals surface area contributed by atoms with Gasteiger partial charge < -0.3 is 9.14 Å². The molecule has 2 aromatic heterocycles. The number of halogens is 2. The first kappa shape index (κ1) is 17.6. The number of carbonyl (C=O) groups is 2. The minimum Gasteiger partial charge on any atom is -0.460 e. The van der Waals surface area contributed by atoms with Crippen molar-refractivity contribution in [3.05, 3.63) is 57.3 Å². The quantitative estimate of drug-likeness (QED) is 0.354. The van der Waals surface area contributed by atoms with Crippen molar-refractivity contribution < 1.29 is 14.3 Å². The number of benzene rings is 1. The highest BCUT2D eigenvalue weighted by Gasteiger charge is 2.25. The number of nitrogens with zero attached hydrogens (tertiary/aromatic N) is 2. The third-order valence-corrected chi connectivity index (χ3v) is 4.67. The SMILES string of the molecule is CCOC(=O)C(=O)c1c(C)cn2cc(-c3cccc(Cl)c3)nc2c1Br. The Kier molecular flexibility index (Phi) is 4.92. The Morgan fingerprint density at radius 2 is 2.08 bits per heavy atom. The summed E-state index contributed by atoms with van der Waals surface area (Å²) >= 11 is 9.46. The minimum atomic E-state index is -0.878. The van der Waals surface area contributed by atoms with Gasteiger partial charge in [0.15, 0.2) is 5.65 Å². The predicted molar refractivity (Wildman–Crippen MR) is 99.0 cm³/mol. The molecule has 0 saturated heterocycles. The number of hydrogen-bond donors (Lipinski definition) is 0. The number of carbonyl (C=O) groups excluding carboxylic acids is 2. The van der Waals surface area contributed by atoms with E-state index in [0.717, 1.165) is 5.56 Å². The van der Waals surface area contributed by atoms with Gasteiger partial charge in [-0.1, -0.05) is 23.7 Å². The third-order valence-electron chi connectivity index (χ3n) is 3.68. The summed E-state index contributed by atoms with van der Waals surface area (Å²) in [4.78, 5) is 28.8. The zero-order valence-corrected chi connectivity index (χ0v) is 15.9. The largest absolute Gasteiger partial charge is 0.460 e. The van der Waals surface area contributed by atoms with Crippen LogP contribution in [-0.2, 0) is 9.53 Å². The second kappa shape index (κ2) is 6.98. The Hall–Kier alpha value is -2.18. The number of rotatable bonds is 4. The average molecular weight is 422 g/mol. The van der Waals surface area contributed by atoms with E-state index in [1.54, 1.807) is 30.5 Å². The van der Waals surface area contributed by atoms with Crippen LogP contribution in [0.2, 0.25) is 5.02 Å². The van der Waals surface area contributed by atoms with Gasteiger partial charge in [0.1, 0.15) is 0 Å². The first-order chi connectivity index (χ1) is 11.9. The number of fused-ring (bicyclic) bond motifs is 1. The maximum atomic E-state index is 12.4. The number of pyridine rings is 1. The minimum absolute atomic E-state index is 0.145. The molecule has 0 aliphatic rings. The number of ether oxygens (including phenoxy) is 1. The molecule has 1 aromatic carbocycles. The summed E-state index contributed by atoms with van der Waals surface area (Å²) in [5, 5.41) is 0.614. The number of ketones is 1. The molecule has 0 fully saturated rings. The van der Waals surface area contributed by atoms with E-state index in [9.17, 15) is 9.59 Å². The fourth-order valence-electron chi connectivity index (χ4n) is 2.58. The molecule has 3 aromatic rings. The molecule has 0 radical (unpaired) electrons. The van der Waals surface area contributed by atoms with Crippen LogP contribution in [0.1, 0.15) is 22.8 Å². The zero-order valence-electron chi connectivity index (χ0n) is 13.5. The first-order valence-corrected chi connectivity index (χ1v) is 8.74. The third kappa shape index (κ3) is 3.32. The van der Waals surface area contributed by atoms with Crippen molar-refractivity contribution in [3.63, 3.8) is 0 Å². The zero-order chi connectivity index (χ0) is 18.1. The van der Waals surface area contributed by atoms with Crippen LogP contribution in [0.15, 0.2) is 41.1 Å². The van der Waals surface area contributed by atoms with Gasteiger partial charge in [-0.3, -0.25) is 4.79 Å². The van der Waals surface area contributed by atoms with Crippen molar-refractivity contribution in [1.29, 1.82) is 0 Å². The van der Waals surface area contributed by atoms with Crippen molar-refractivity contribution >= 4 is 44.9 Å². The number of Topliss-reactive ketones (excluding diaryl/α,β-unsaturated/α-hetero) is 1. The van der Waals surface area contributed by atoms with Gasteiger partial charge in [-0.25, -0.2) is 9.78 Å². The van der Waals surface area contributed by atoms with Crippen LogP contribution in [0.4, 0.5) is 0 Å². The molecule has 0 bridgehead atoms. The molecule has 5 nitrogen and oxygen atoms in total. The van der Waals surface area contributed by atoms with Gasteiger partial charge in [0.05, 0.1) is 22.3 Å². The van der Waals surface area contributed by atoms with Gasteiger partial charge in [-0.05, 0) is 47.5 Å². The summed E-state index contributed by atoms with van der Waals surface area (Å²) in [5.41, 5.74) is 3.01. The van der Waals surface area contributed by atoms with E-state index in [2.05, 4.69) is 20.9 Å². The lowest BCUT2D eigenvalue weighted by atomic mass is 10.1. The number of aromatic nitrogens is 2. The molecular weight excluding hydrogens is 408 g/mol. The standard InChI is InChI=1S/C18H14BrClN2O3/c1-3-25-18(24)16(23)14-10(2)8-22-9-13(21-17(22)15(14)19)11-5-4-6-12(20)7-11/h4-9H,3H2,1-2H3. The van der Waals surface area contributed by atoms with Crippen LogP contribution in [0.3, 0.4) is 0 Å². The Bertz CT molecular complexity index is 997. The summed E-state index contributed by atoms with van der Waals surface area (Å²) < 4.78 is 7.08. The van der Waals surface area contributed by atoms with Crippen molar-refractivity contribution in [1.82, 2.24) is 9.38 Å². The lowest BCUT2D eigenvalue weighted by Crippen LogP contribution is -2.19. The van der Waals surface area contributed by atoms with Crippen LogP contribution in [-0.4, -0.2) is 27.7 Å². The molecule has 128 valence electrons. The lowest BCUT2D eigenvalue weighted by molar-refractivity contribution is -0.137. The monoisotopic (exact) mass is 420 g/mol. The summed E-state index contributed by atoms with van der Waals surface area (Å²) in [7, 11) is 0. The van der Waals surface area contributed by atoms with Crippen molar-refractivity contribution in [2.45, 2.75) is 13.8 Å². The number of aryl methyl sites for hydroxylation is 1. The molecular formula is C18H14BrClN2O3. The molecule has 25 heavy (non-hydrogen) atoms. The van der Waals surface area contributed by atoms with Gasteiger partial charge in [0.2, 0.25) is 0 Å². The van der Waals surface area contributed by atoms with Crippen LogP contribution in [0.5, 0.6) is 0 Å². The number of esters is 1. The van der Waals surface area contributed by atoms with Crippen LogP contribution in [0, 0.1) is 6.92 Å². The van der Waals surface area contributed by atoms with Crippen molar-refractivity contribution in [3.8, 4) is 11.3 Å². The maximum Gasteiger partial charge on any atom is 0.379 e. The van der Waals surface area contributed by atoms with Crippen LogP contribution in [0.25, 0.3) is 16.9 Å². The Morgan fingerprint density at radius 1 is 1.32 bits per heavy atom.